The number of hydrogen-bond acceptors (Lipinski definition) is 3. The number of fused-ring (bicyclic) bond motifs is 2. The van der Waals surface area contributed by atoms with Gasteiger partial charge in [0.05, 0.1) is 22.8 Å². The normalized spacial score (nSPS) is 11.9. The van der Waals surface area contributed by atoms with E-state index in [0.717, 1.165) is 38.7 Å². The molecule has 1 atom stereocenters. The van der Waals surface area contributed by atoms with Crippen LogP contribution in [0.3, 0.4) is 0 Å². The van der Waals surface area contributed by atoms with Gasteiger partial charge < -0.3 is 5.32 Å². The molecule has 4 rings (SSSR count). The number of para-hydroxylation sites is 2. The standard InChI is InChI=1S/C21H17N5/c1-14(25-26-22)15-10-12-16(13-11-15)23-21-17-6-2-4-8-19(17)24-20-9-5-3-7-18(20)21/h2-14H,1H3,(H,23,24). The van der Waals surface area contributed by atoms with E-state index in [1.807, 2.05) is 67.6 Å². The Hall–Kier alpha value is -3.56. The molecular weight excluding hydrogens is 322 g/mol. The van der Waals surface area contributed by atoms with Crippen LogP contribution in [0.2, 0.25) is 0 Å². The van der Waals surface area contributed by atoms with Crippen molar-refractivity contribution in [1.29, 1.82) is 0 Å². The molecule has 1 unspecified atom stereocenters. The fraction of sp³-hybridized carbons (Fsp3) is 0.0952. The third kappa shape index (κ3) is 2.92. The summed E-state index contributed by atoms with van der Waals surface area (Å²) in [7, 11) is 0. The zero-order valence-corrected chi connectivity index (χ0v) is 14.3. The molecular formula is C21H17N5. The van der Waals surface area contributed by atoms with Crippen molar-refractivity contribution in [1.82, 2.24) is 4.98 Å². The van der Waals surface area contributed by atoms with Crippen molar-refractivity contribution in [2.45, 2.75) is 13.0 Å². The van der Waals surface area contributed by atoms with Gasteiger partial charge in [0.1, 0.15) is 0 Å². The highest BCUT2D eigenvalue weighted by molar-refractivity contribution is 6.08. The molecule has 1 N–H and O–H groups in total. The zero-order valence-electron chi connectivity index (χ0n) is 14.3. The van der Waals surface area contributed by atoms with Crippen LogP contribution in [-0.2, 0) is 0 Å². The minimum absolute atomic E-state index is 0.184. The van der Waals surface area contributed by atoms with Gasteiger partial charge in [-0.1, -0.05) is 60.6 Å². The Bertz CT molecular complexity index is 1070. The lowest BCUT2D eigenvalue weighted by Gasteiger charge is -2.14. The summed E-state index contributed by atoms with van der Waals surface area (Å²) in [6.07, 6.45) is 0. The van der Waals surface area contributed by atoms with Crippen LogP contribution in [0.4, 0.5) is 11.4 Å². The molecule has 5 nitrogen and oxygen atoms in total. The Balaban J connectivity index is 1.79. The van der Waals surface area contributed by atoms with Crippen molar-refractivity contribution < 1.29 is 0 Å². The molecule has 126 valence electrons. The summed E-state index contributed by atoms with van der Waals surface area (Å²) in [5.41, 5.74) is 13.5. The predicted molar refractivity (Wildman–Crippen MR) is 107 cm³/mol. The number of benzene rings is 3. The number of nitrogens with one attached hydrogen (secondary N) is 1. The molecule has 3 aromatic carbocycles. The summed E-state index contributed by atoms with van der Waals surface area (Å²) in [4.78, 5) is 7.62. The lowest BCUT2D eigenvalue weighted by molar-refractivity contribution is 0.808. The van der Waals surface area contributed by atoms with Gasteiger partial charge in [-0.15, -0.1) is 0 Å². The van der Waals surface area contributed by atoms with Crippen molar-refractivity contribution in [3.05, 3.63) is 88.8 Å². The van der Waals surface area contributed by atoms with E-state index in [1.54, 1.807) is 0 Å². The molecule has 0 fully saturated rings. The monoisotopic (exact) mass is 339 g/mol. The fourth-order valence-electron chi connectivity index (χ4n) is 3.11. The SMILES string of the molecule is CC(N=[N+]=[N-])c1ccc(Nc2c3ccccc3nc3ccccc23)cc1. The van der Waals surface area contributed by atoms with Crippen LogP contribution in [0.5, 0.6) is 0 Å². The van der Waals surface area contributed by atoms with Gasteiger partial charge in [-0.25, -0.2) is 4.98 Å². The number of rotatable bonds is 4. The number of aromatic nitrogens is 1. The first-order chi connectivity index (χ1) is 12.8. The van der Waals surface area contributed by atoms with E-state index in [-0.39, 0.29) is 6.04 Å². The van der Waals surface area contributed by atoms with Gasteiger partial charge in [-0.2, -0.15) is 0 Å². The Morgan fingerprint density at radius 2 is 1.46 bits per heavy atom. The van der Waals surface area contributed by atoms with Crippen molar-refractivity contribution in [3.8, 4) is 0 Å². The highest BCUT2D eigenvalue weighted by atomic mass is 15.1. The molecule has 1 aromatic heterocycles. The van der Waals surface area contributed by atoms with Crippen LogP contribution in [-0.4, -0.2) is 4.98 Å². The first-order valence-electron chi connectivity index (χ1n) is 8.45. The maximum atomic E-state index is 8.59. The van der Waals surface area contributed by atoms with Gasteiger partial charge in [0.2, 0.25) is 0 Å². The van der Waals surface area contributed by atoms with Crippen LogP contribution < -0.4 is 5.32 Å². The van der Waals surface area contributed by atoms with E-state index in [1.165, 1.54) is 0 Å². The van der Waals surface area contributed by atoms with Crippen LogP contribution in [0.15, 0.2) is 77.9 Å². The van der Waals surface area contributed by atoms with Gasteiger partial charge in [0.15, 0.2) is 0 Å². The highest BCUT2D eigenvalue weighted by Gasteiger charge is 2.09. The smallest absolute Gasteiger partial charge is 0.0730 e. The third-order valence-corrected chi connectivity index (χ3v) is 4.47. The molecule has 1 heterocycles. The molecule has 0 saturated heterocycles. The molecule has 5 heteroatoms. The third-order valence-electron chi connectivity index (χ3n) is 4.47. The summed E-state index contributed by atoms with van der Waals surface area (Å²) in [5.74, 6) is 0. The fourth-order valence-corrected chi connectivity index (χ4v) is 3.11. The molecule has 0 aliphatic heterocycles. The van der Waals surface area contributed by atoms with E-state index in [0.29, 0.717) is 0 Å². The van der Waals surface area contributed by atoms with E-state index in [4.69, 9.17) is 10.5 Å². The molecule has 0 aliphatic carbocycles. The van der Waals surface area contributed by atoms with E-state index in [2.05, 4.69) is 27.5 Å². The van der Waals surface area contributed by atoms with Crippen LogP contribution in [0, 0.1) is 0 Å². The van der Waals surface area contributed by atoms with Gasteiger partial charge >= 0.3 is 0 Å². The van der Waals surface area contributed by atoms with Crippen molar-refractivity contribution in [2.75, 3.05) is 5.32 Å². The Kier molecular flexibility index (Phi) is 4.14. The van der Waals surface area contributed by atoms with Gasteiger partial charge in [0.25, 0.3) is 0 Å². The Morgan fingerprint density at radius 3 is 2.04 bits per heavy atom. The maximum absolute atomic E-state index is 8.59. The molecule has 0 radical (unpaired) electrons. The molecule has 0 amide bonds. The van der Waals surface area contributed by atoms with E-state index in [9.17, 15) is 0 Å². The quantitative estimate of drug-likeness (QED) is 0.199. The molecule has 4 aromatic rings. The Labute approximate surface area is 150 Å². The van der Waals surface area contributed by atoms with Crippen molar-refractivity contribution in [2.24, 2.45) is 5.11 Å². The average molecular weight is 339 g/mol. The minimum Gasteiger partial charge on any atom is -0.354 e. The largest absolute Gasteiger partial charge is 0.354 e. The van der Waals surface area contributed by atoms with Crippen molar-refractivity contribution >= 4 is 33.2 Å². The second-order valence-corrected chi connectivity index (χ2v) is 6.15. The number of hydrogen-bond donors (Lipinski definition) is 1. The summed E-state index contributed by atoms with van der Waals surface area (Å²) >= 11 is 0. The lowest BCUT2D eigenvalue weighted by Crippen LogP contribution is -1.96. The Morgan fingerprint density at radius 1 is 0.885 bits per heavy atom. The van der Waals surface area contributed by atoms with Crippen molar-refractivity contribution in [3.63, 3.8) is 0 Å². The van der Waals surface area contributed by atoms with Gasteiger partial charge in [-0.3, -0.25) is 0 Å². The molecule has 26 heavy (non-hydrogen) atoms. The summed E-state index contributed by atoms with van der Waals surface area (Å²) in [6.45, 7) is 1.88. The van der Waals surface area contributed by atoms with Crippen LogP contribution in [0.1, 0.15) is 18.5 Å². The first-order valence-corrected chi connectivity index (χ1v) is 8.45. The number of pyridine rings is 1. The molecule has 0 saturated carbocycles. The minimum atomic E-state index is -0.184. The second-order valence-electron chi connectivity index (χ2n) is 6.15. The second kappa shape index (κ2) is 6.75. The number of nitrogens with zero attached hydrogens (tertiary/aromatic N) is 4. The van der Waals surface area contributed by atoms with Crippen LogP contribution >= 0.6 is 0 Å². The molecule has 0 spiro atoms. The van der Waals surface area contributed by atoms with Gasteiger partial charge in [0, 0.05) is 21.4 Å². The lowest BCUT2D eigenvalue weighted by atomic mass is 10.1. The summed E-state index contributed by atoms with van der Waals surface area (Å²) in [5, 5.41) is 9.45. The maximum Gasteiger partial charge on any atom is 0.0730 e. The first kappa shape index (κ1) is 15.9. The summed E-state index contributed by atoms with van der Waals surface area (Å²) < 4.78 is 0. The highest BCUT2D eigenvalue weighted by Crippen LogP contribution is 2.33. The van der Waals surface area contributed by atoms with E-state index >= 15 is 0 Å². The number of azide groups is 1. The average Bonchev–Trinajstić information content (AvgIpc) is 2.68. The number of anilines is 2. The molecule has 0 bridgehead atoms. The van der Waals surface area contributed by atoms with E-state index < -0.39 is 0 Å². The zero-order chi connectivity index (χ0) is 17.9. The topological polar surface area (TPSA) is 73.7 Å². The van der Waals surface area contributed by atoms with Crippen LogP contribution in [0.25, 0.3) is 32.2 Å². The van der Waals surface area contributed by atoms with Gasteiger partial charge in [-0.05, 0) is 35.4 Å². The molecule has 0 aliphatic rings. The predicted octanol–water partition coefficient (Wildman–Crippen LogP) is 6.50. The summed E-state index contributed by atoms with van der Waals surface area (Å²) in [6, 6.07) is 24.0.